The first-order valence-corrected chi connectivity index (χ1v) is 6.73. The first-order chi connectivity index (χ1) is 11.3. The second-order valence-electron chi connectivity index (χ2n) is 4.56. The topological polar surface area (TPSA) is 55.8 Å². The van der Waals surface area contributed by atoms with Gasteiger partial charge in [0.05, 0.1) is 0 Å². The van der Waals surface area contributed by atoms with Crippen LogP contribution in [0.1, 0.15) is 0 Å². The molecule has 2 amide bonds. The highest BCUT2D eigenvalue weighted by Crippen LogP contribution is 2.20. The van der Waals surface area contributed by atoms with Gasteiger partial charge in [-0.05, 0) is 24.3 Å². The number of nitrogens with zero attached hydrogens (tertiary/aromatic N) is 1. The summed E-state index contributed by atoms with van der Waals surface area (Å²) in [5, 5.41) is 0. The van der Waals surface area contributed by atoms with Gasteiger partial charge in [-0.1, -0.05) is 36.4 Å². The second kappa shape index (κ2) is 7.49. The van der Waals surface area contributed by atoms with Crippen LogP contribution in [0, 0.1) is 0 Å². The predicted molar refractivity (Wildman–Crippen MR) is 77.7 cm³/mol. The molecule has 0 N–H and O–H groups in total. The fourth-order valence-corrected chi connectivity index (χ4v) is 1.67. The predicted octanol–water partition coefficient (Wildman–Crippen LogP) is 4.25. The molecule has 8 heteroatoms. The summed E-state index contributed by atoms with van der Waals surface area (Å²) in [7, 11) is 0. The fraction of sp³-hybridized carbons (Fsp3) is 0.125. The van der Waals surface area contributed by atoms with Crippen molar-refractivity contribution in [2.24, 2.45) is 0 Å². The zero-order valence-electron chi connectivity index (χ0n) is 12.2. The molecule has 2 rings (SSSR count). The van der Waals surface area contributed by atoms with Gasteiger partial charge in [0.2, 0.25) is 0 Å². The van der Waals surface area contributed by atoms with Crippen molar-refractivity contribution in [3.8, 4) is 11.5 Å². The van der Waals surface area contributed by atoms with E-state index in [0.717, 1.165) is 0 Å². The number of carbonyl (C=O) groups is 2. The molecule has 5 nitrogen and oxygen atoms in total. The highest BCUT2D eigenvalue weighted by molar-refractivity contribution is 5.89. The SMILES string of the molecule is O=C(Oc1ccccc1)N(CC(F)(F)F)C(=O)Oc1ccccc1. The van der Waals surface area contributed by atoms with Gasteiger partial charge in [0.25, 0.3) is 0 Å². The van der Waals surface area contributed by atoms with Crippen molar-refractivity contribution in [2.75, 3.05) is 6.54 Å². The molecule has 0 fully saturated rings. The van der Waals surface area contributed by atoms with E-state index >= 15 is 0 Å². The van der Waals surface area contributed by atoms with Crippen LogP contribution in [0.2, 0.25) is 0 Å². The summed E-state index contributed by atoms with van der Waals surface area (Å²) in [5.41, 5.74) is 0. The van der Waals surface area contributed by atoms with E-state index in [0.29, 0.717) is 0 Å². The Bertz CT molecular complexity index is 636. The molecule has 0 aliphatic carbocycles. The van der Waals surface area contributed by atoms with E-state index in [1.807, 2.05) is 0 Å². The zero-order chi connectivity index (χ0) is 17.6. The van der Waals surface area contributed by atoms with Crippen LogP contribution < -0.4 is 9.47 Å². The summed E-state index contributed by atoms with van der Waals surface area (Å²) < 4.78 is 47.5. The lowest BCUT2D eigenvalue weighted by molar-refractivity contribution is -0.137. The molecule has 0 aliphatic rings. The molecule has 126 valence electrons. The maximum atomic E-state index is 12.6. The zero-order valence-corrected chi connectivity index (χ0v) is 12.2. The Kier molecular flexibility index (Phi) is 5.41. The molecule has 0 heterocycles. The fourth-order valence-electron chi connectivity index (χ4n) is 1.67. The van der Waals surface area contributed by atoms with Gasteiger partial charge < -0.3 is 9.47 Å². The van der Waals surface area contributed by atoms with Gasteiger partial charge in [0.1, 0.15) is 18.0 Å². The van der Waals surface area contributed by atoms with Gasteiger partial charge in [-0.2, -0.15) is 13.2 Å². The van der Waals surface area contributed by atoms with Crippen LogP contribution in [0.5, 0.6) is 11.5 Å². The van der Waals surface area contributed by atoms with E-state index in [1.165, 1.54) is 48.5 Å². The monoisotopic (exact) mass is 339 g/mol. The highest BCUT2D eigenvalue weighted by Gasteiger charge is 2.38. The van der Waals surface area contributed by atoms with Gasteiger partial charge in [-0.3, -0.25) is 0 Å². The molecular weight excluding hydrogens is 327 g/mol. The van der Waals surface area contributed by atoms with Crippen LogP contribution in [0.4, 0.5) is 22.8 Å². The molecule has 0 aliphatic heterocycles. The summed E-state index contributed by atoms with van der Waals surface area (Å²) in [6.45, 7) is -1.83. The number of alkyl halides is 3. The minimum atomic E-state index is -4.80. The van der Waals surface area contributed by atoms with Crippen LogP contribution in [0.15, 0.2) is 60.7 Å². The Hall–Kier alpha value is -3.03. The Morgan fingerprint density at radius 2 is 1.17 bits per heavy atom. The number of rotatable bonds is 3. The minimum Gasteiger partial charge on any atom is -0.410 e. The molecule has 0 bridgehead atoms. The van der Waals surface area contributed by atoms with Crippen LogP contribution >= 0.6 is 0 Å². The smallest absolute Gasteiger partial charge is 0.410 e. The number of benzene rings is 2. The third-order valence-corrected chi connectivity index (χ3v) is 2.67. The number of amides is 2. The van der Waals surface area contributed by atoms with E-state index in [9.17, 15) is 22.8 Å². The van der Waals surface area contributed by atoms with Crippen molar-refractivity contribution in [2.45, 2.75) is 6.18 Å². The molecular formula is C16H12F3NO4. The summed E-state index contributed by atoms with van der Waals surface area (Å²) in [5.74, 6) is 0.00405. The molecule has 2 aromatic carbocycles. The Balaban J connectivity index is 2.14. The highest BCUT2D eigenvalue weighted by atomic mass is 19.4. The number of carbonyl (C=O) groups excluding carboxylic acids is 2. The first kappa shape index (κ1) is 17.3. The van der Waals surface area contributed by atoms with E-state index in [-0.39, 0.29) is 16.4 Å². The average Bonchev–Trinajstić information content (AvgIpc) is 2.53. The lowest BCUT2D eigenvalue weighted by atomic mass is 10.3. The van der Waals surface area contributed by atoms with Crippen molar-refractivity contribution in [1.29, 1.82) is 0 Å². The van der Waals surface area contributed by atoms with Crippen molar-refractivity contribution < 1.29 is 32.2 Å². The summed E-state index contributed by atoms with van der Waals surface area (Å²) in [4.78, 5) is 23.7. The molecule has 0 unspecified atom stereocenters. The quantitative estimate of drug-likeness (QED) is 0.839. The Morgan fingerprint density at radius 1 is 0.792 bits per heavy atom. The molecule has 0 saturated carbocycles. The molecule has 0 aromatic heterocycles. The number of para-hydroxylation sites is 2. The largest absolute Gasteiger partial charge is 0.425 e. The van der Waals surface area contributed by atoms with Gasteiger partial charge in [-0.25, -0.2) is 14.5 Å². The molecule has 24 heavy (non-hydrogen) atoms. The third-order valence-electron chi connectivity index (χ3n) is 2.67. The molecule has 0 atom stereocenters. The van der Waals surface area contributed by atoms with E-state index in [1.54, 1.807) is 12.1 Å². The van der Waals surface area contributed by atoms with Gasteiger partial charge in [-0.15, -0.1) is 0 Å². The van der Waals surface area contributed by atoms with Crippen LogP contribution in [0.25, 0.3) is 0 Å². The number of hydrogen-bond acceptors (Lipinski definition) is 4. The van der Waals surface area contributed by atoms with Gasteiger partial charge in [0.15, 0.2) is 0 Å². The molecule has 2 aromatic rings. The van der Waals surface area contributed by atoms with Gasteiger partial charge in [0, 0.05) is 0 Å². The number of halogens is 3. The number of hydrogen-bond donors (Lipinski definition) is 0. The third kappa shape index (κ3) is 5.31. The maximum absolute atomic E-state index is 12.6. The van der Waals surface area contributed by atoms with Crippen molar-refractivity contribution >= 4 is 12.2 Å². The Morgan fingerprint density at radius 3 is 1.50 bits per heavy atom. The van der Waals surface area contributed by atoms with Crippen molar-refractivity contribution in [3.05, 3.63) is 60.7 Å². The first-order valence-electron chi connectivity index (χ1n) is 6.73. The molecule has 0 saturated heterocycles. The standard InChI is InChI=1S/C16H12F3NO4/c17-16(18,19)11-20(14(21)23-12-7-3-1-4-8-12)15(22)24-13-9-5-2-6-10-13/h1-10H,11H2. The summed E-state index contributed by atoms with van der Waals surface area (Å²) in [6.07, 6.45) is -7.77. The van der Waals surface area contributed by atoms with Gasteiger partial charge >= 0.3 is 18.4 Å². The van der Waals surface area contributed by atoms with E-state index in [4.69, 9.17) is 9.47 Å². The maximum Gasteiger partial charge on any atom is 0.425 e. The summed E-state index contributed by atoms with van der Waals surface area (Å²) >= 11 is 0. The lowest BCUT2D eigenvalue weighted by Crippen LogP contribution is -2.46. The van der Waals surface area contributed by atoms with Crippen molar-refractivity contribution in [3.63, 3.8) is 0 Å². The van der Waals surface area contributed by atoms with Crippen LogP contribution in [-0.2, 0) is 0 Å². The normalized spacial score (nSPS) is 10.8. The Labute approximate surface area is 135 Å². The molecule has 0 spiro atoms. The average molecular weight is 339 g/mol. The van der Waals surface area contributed by atoms with E-state index in [2.05, 4.69) is 0 Å². The number of imide groups is 1. The second-order valence-corrected chi connectivity index (χ2v) is 4.56. The van der Waals surface area contributed by atoms with Crippen LogP contribution in [0.3, 0.4) is 0 Å². The van der Waals surface area contributed by atoms with Crippen molar-refractivity contribution in [1.82, 2.24) is 4.90 Å². The van der Waals surface area contributed by atoms with E-state index < -0.39 is 24.9 Å². The minimum absolute atomic E-state index is 0.00202. The molecule has 0 radical (unpaired) electrons. The van der Waals surface area contributed by atoms with Crippen LogP contribution in [-0.4, -0.2) is 29.8 Å². The lowest BCUT2D eigenvalue weighted by Gasteiger charge is -2.20. The summed E-state index contributed by atoms with van der Waals surface area (Å²) in [6, 6.07) is 14.8. The number of ether oxygens (including phenoxy) is 2.